The largest absolute Gasteiger partial charge is 0.337 e. The summed E-state index contributed by atoms with van der Waals surface area (Å²) in [5.74, 6) is 0.922. The molecule has 1 saturated heterocycles. The number of hydrogen-bond acceptors (Lipinski definition) is 4. The molecule has 0 aromatic carbocycles. The first-order chi connectivity index (χ1) is 8.61. The molecule has 0 aliphatic carbocycles. The van der Waals surface area contributed by atoms with Gasteiger partial charge in [0.05, 0.1) is 0 Å². The van der Waals surface area contributed by atoms with Crippen LogP contribution >= 0.6 is 0 Å². The Morgan fingerprint density at radius 2 is 2.39 bits per heavy atom. The highest BCUT2D eigenvalue weighted by Crippen LogP contribution is 2.15. The van der Waals surface area contributed by atoms with E-state index < -0.39 is 0 Å². The number of likely N-dealkylation sites (tertiary alicyclic amines) is 1. The number of nitrogens with one attached hydrogen (secondary N) is 1. The zero-order chi connectivity index (χ0) is 13.1. The molecule has 1 atom stereocenters. The SMILES string of the molecule is CCc1nc(C(=O)N(C)CC2CCCN2C)n[nH]1. The van der Waals surface area contributed by atoms with E-state index in [2.05, 4.69) is 27.1 Å². The van der Waals surface area contributed by atoms with Crippen LogP contribution in [0.25, 0.3) is 0 Å². The highest BCUT2D eigenvalue weighted by Gasteiger charge is 2.25. The summed E-state index contributed by atoms with van der Waals surface area (Å²) in [6, 6.07) is 0.462. The van der Waals surface area contributed by atoms with Gasteiger partial charge in [0, 0.05) is 26.1 Å². The monoisotopic (exact) mass is 251 g/mol. The molecule has 1 fully saturated rings. The van der Waals surface area contributed by atoms with Gasteiger partial charge in [0.1, 0.15) is 5.82 Å². The van der Waals surface area contributed by atoms with Crippen LogP contribution in [0.5, 0.6) is 0 Å². The molecular formula is C12H21N5O. The maximum Gasteiger partial charge on any atom is 0.293 e. The molecule has 0 bridgehead atoms. The van der Waals surface area contributed by atoms with Crippen molar-refractivity contribution in [3.63, 3.8) is 0 Å². The Hall–Kier alpha value is -1.43. The van der Waals surface area contributed by atoms with Crippen molar-refractivity contribution in [2.24, 2.45) is 0 Å². The molecule has 1 amide bonds. The van der Waals surface area contributed by atoms with Crippen LogP contribution in [-0.4, -0.2) is 64.1 Å². The van der Waals surface area contributed by atoms with Gasteiger partial charge in [-0.25, -0.2) is 4.98 Å². The van der Waals surface area contributed by atoms with Crippen LogP contribution in [0, 0.1) is 0 Å². The first-order valence-electron chi connectivity index (χ1n) is 6.48. The average molecular weight is 251 g/mol. The van der Waals surface area contributed by atoms with E-state index in [4.69, 9.17) is 0 Å². The lowest BCUT2D eigenvalue weighted by Gasteiger charge is -2.25. The number of carbonyl (C=O) groups is 1. The molecule has 1 aromatic rings. The van der Waals surface area contributed by atoms with E-state index in [1.54, 1.807) is 4.90 Å². The molecule has 1 aliphatic heterocycles. The van der Waals surface area contributed by atoms with Crippen LogP contribution in [0.3, 0.4) is 0 Å². The van der Waals surface area contributed by atoms with E-state index >= 15 is 0 Å². The Morgan fingerprint density at radius 3 is 2.94 bits per heavy atom. The van der Waals surface area contributed by atoms with Gasteiger partial charge in [0.2, 0.25) is 5.82 Å². The second-order valence-electron chi connectivity index (χ2n) is 4.92. The van der Waals surface area contributed by atoms with Crippen molar-refractivity contribution in [1.29, 1.82) is 0 Å². The van der Waals surface area contributed by atoms with Gasteiger partial charge in [0.15, 0.2) is 0 Å². The number of aromatic amines is 1. The second-order valence-corrected chi connectivity index (χ2v) is 4.92. The van der Waals surface area contributed by atoms with Crippen LogP contribution in [-0.2, 0) is 6.42 Å². The highest BCUT2D eigenvalue weighted by molar-refractivity contribution is 5.90. The van der Waals surface area contributed by atoms with Crippen molar-refractivity contribution in [2.75, 3.05) is 27.2 Å². The predicted molar refractivity (Wildman–Crippen MR) is 68.4 cm³/mol. The fourth-order valence-corrected chi connectivity index (χ4v) is 2.33. The van der Waals surface area contributed by atoms with Crippen molar-refractivity contribution >= 4 is 5.91 Å². The van der Waals surface area contributed by atoms with Gasteiger partial charge in [-0.15, -0.1) is 5.10 Å². The van der Waals surface area contributed by atoms with E-state index in [1.807, 2.05) is 14.0 Å². The molecule has 100 valence electrons. The molecule has 1 aliphatic rings. The lowest BCUT2D eigenvalue weighted by Crippen LogP contribution is -2.39. The lowest BCUT2D eigenvalue weighted by molar-refractivity contribution is 0.0750. The third-order valence-corrected chi connectivity index (χ3v) is 3.56. The Balaban J connectivity index is 1.95. The van der Waals surface area contributed by atoms with Gasteiger partial charge in [-0.2, -0.15) is 0 Å². The zero-order valence-electron chi connectivity index (χ0n) is 11.3. The summed E-state index contributed by atoms with van der Waals surface area (Å²) in [6.45, 7) is 3.84. The first-order valence-corrected chi connectivity index (χ1v) is 6.48. The molecule has 2 heterocycles. The third kappa shape index (κ3) is 2.69. The van der Waals surface area contributed by atoms with Gasteiger partial charge in [-0.1, -0.05) is 6.92 Å². The average Bonchev–Trinajstić information content (AvgIpc) is 2.98. The van der Waals surface area contributed by atoms with Crippen LogP contribution in [0.4, 0.5) is 0 Å². The summed E-state index contributed by atoms with van der Waals surface area (Å²) in [5, 5.41) is 6.74. The van der Waals surface area contributed by atoms with E-state index in [1.165, 1.54) is 6.42 Å². The summed E-state index contributed by atoms with van der Waals surface area (Å²) < 4.78 is 0. The fourth-order valence-electron chi connectivity index (χ4n) is 2.33. The van der Waals surface area contributed by atoms with E-state index in [0.29, 0.717) is 6.04 Å². The smallest absolute Gasteiger partial charge is 0.293 e. The molecule has 2 rings (SSSR count). The van der Waals surface area contributed by atoms with Crippen LogP contribution < -0.4 is 0 Å². The quantitative estimate of drug-likeness (QED) is 0.848. The molecule has 0 spiro atoms. The molecule has 6 nitrogen and oxygen atoms in total. The minimum absolute atomic E-state index is 0.105. The molecule has 6 heteroatoms. The third-order valence-electron chi connectivity index (χ3n) is 3.56. The number of H-pyrrole nitrogens is 1. The number of likely N-dealkylation sites (N-methyl/N-ethyl adjacent to an activating group) is 2. The topological polar surface area (TPSA) is 65.1 Å². The predicted octanol–water partition coefficient (Wildman–Crippen LogP) is 0.533. The van der Waals surface area contributed by atoms with E-state index in [-0.39, 0.29) is 11.7 Å². The summed E-state index contributed by atoms with van der Waals surface area (Å²) in [7, 11) is 3.93. The number of amides is 1. The molecule has 1 N–H and O–H groups in total. The van der Waals surface area contributed by atoms with Crippen molar-refractivity contribution in [1.82, 2.24) is 25.0 Å². The van der Waals surface area contributed by atoms with E-state index in [9.17, 15) is 4.79 Å². The van der Waals surface area contributed by atoms with E-state index in [0.717, 1.165) is 31.8 Å². The Labute approximate surface area is 107 Å². The number of aryl methyl sites for hydroxylation is 1. The van der Waals surface area contributed by atoms with Gasteiger partial charge in [-0.05, 0) is 26.4 Å². The number of carbonyl (C=O) groups excluding carboxylic acids is 1. The zero-order valence-corrected chi connectivity index (χ0v) is 11.3. The normalized spacial score (nSPS) is 20.3. The van der Waals surface area contributed by atoms with Gasteiger partial charge in [-0.3, -0.25) is 9.89 Å². The summed E-state index contributed by atoms with van der Waals surface area (Å²) in [4.78, 5) is 20.3. The molecule has 0 radical (unpaired) electrons. The maximum absolute atomic E-state index is 12.1. The summed E-state index contributed by atoms with van der Waals surface area (Å²) in [6.07, 6.45) is 3.13. The van der Waals surface area contributed by atoms with Crippen LogP contribution in [0.15, 0.2) is 0 Å². The summed E-state index contributed by atoms with van der Waals surface area (Å²) >= 11 is 0. The minimum atomic E-state index is -0.105. The number of hydrogen-bond donors (Lipinski definition) is 1. The van der Waals surface area contributed by atoms with Gasteiger partial charge < -0.3 is 9.80 Å². The maximum atomic E-state index is 12.1. The van der Waals surface area contributed by atoms with Crippen molar-refractivity contribution in [2.45, 2.75) is 32.2 Å². The van der Waals surface area contributed by atoms with Crippen LogP contribution in [0.2, 0.25) is 0 Å². The first kappa shape index (κ1) is 13.0. The molecule has 1 unspecified atom stereocenters. The molecule has 0 saturated carbocycles. The van der Waals surface area contributed by atoms with Crippen molar-refractivity contribution in [3.05, 3.63) is 11.6 Å². The van der Waals surface area contributed by atoms with Crippen molar-refractivity contribution < 1.29 is 4.79 Å². The number of aromatic nitrogens is 3. The summed E-state index contributed by atoms with van der Waals surface area (Å²) in [5.41, 5.74) is 0. The Kier molecular flexibility index (Phi) is 3.96. The Bertz CT molecular complexity index is 416. The second kappa shape index (κ2) is 5.48. The standard InChI is InChI=1S/C12H21N5O/c1-4-10-13-11(15-14-10)12(18)17(3)8-9-6-5-7-16(9)2/h9H,4-8H2,1-3H3,(H,13,14,15). The van der Waals surface area contributed by atoms with Gasteiger partial charge >= 0.3 is 0 Å². The molecule has 18 heavy (non-hydrogen) atoms. The van der Waals surface area contributed by atoms with Gasteiger partial charge in [0.25, 0.3) is 5.91 Å². The highest BCUT2D eigenvalue weighted by atomic mass is 16.2. The van der Waals surface area contributed by atoms with Crippen molar-refractivity contribution in [3.8, 4) is 0 Å². The minimum Gasteiger partial charge on any atom is -0.337 e. The number of rotatable bonds is 4. The Morgan fingerprint density at radius 1 is 1.61 bits per heavy atom. The molecule has 1 aromatic heterocycles. The molecular weight excluding hydrogens is 230 g/mol. The lowest BCUT2D eigenvalue weighted by atomic mass is 10.2. The fraction of sp³-hybridized carbons (Fsp3) is 0.750. The van der Waals surface area contributed by atoms with Crippen LogP contribution in [0.1, 0.15) is 36.2 Å². The number of nitrogens with zero attached hydrogens (tertiary/aromatic N) is 4.